The SMILES string of the molecule is CN=C(NCC1(CC(C)C)CCCC1)NCC1(N(C)C)CCOCC1.I. The van der Waals surface area contributed by atoms with Crippen molar-refractivity contribution >= 4 is 29.9 Å². The van der Waals surface area contributed by atoms with Gasteiger partial charge in [-0.15, -0.1) is 24.0 Å². The van der Waals surface area contributed by atoms with Crippen molar-refractivity contribution in [2.24, 2.45) is 16.3 Å². The lowest BCUT2D eigenvalue weighted by Gasteiger charge is -2.43. The van der Waals surface area contributed by atoms with Gasteiger partial charge >= 0.3 is 0 Å². The summed E-state index contributed by atoms with van der Waals surface area (Å²) in [5.41, 5.74) is 0.628. The average molecular weight is 480 g/mol. The number of nitrogens with one attached hydrogen (secondary N) is 2. The van der Waals surface area contributed by atoms with Crippen LogP contribution in [0.1, 0.15) is 58.8 Å². The predicted molar refractivity (Wildman–Crippen MR) is 122 cm³/mol. The molecule has 2 rings (SSSR count). The predicted octanol–water partition coefficient (Wildman–Crippen LogP) is 3.49. The molecule has 1 saturated carbocycles. The van der Waals surface area contributed by atoms with Crippen LogP contribution in [0.3, 0.4) is 0 Å². The second-order valence-corrected chi connectivity index (χ2v) is 8.82. The molecule has 0 aromatic heterocycles. The highest BCUT2D eigenvalue weighted by Gasteiger charge is 2.36. The first-order valence-corrected chi connectivity index (χ1v) is 10.1. The maximum Gasteiger partial charge on any atom is 0.191 e. The number of ether oxygens (including phenoxy) is 1. The van der Waals surface area contributed by atoms with Gasteiger partial charge in [-0.2, -0.15) is 0 Å². The maximum atomic E-state index is 5.57. The molecule has 5 nitrogen and oxygen atoms in total. The second kappa shape index (κ2) is 11.1. The minimum atomic E-state index is 0. The van der Waals surface area contributed by atoms with E-state index in [0.29, 0.717) is 5.41 Å². The Morgan fingerprint density at radius 1 is 1.04 bits per heavy atom. The van der Waals surface area contributed by atoms with Gasteiger partial charge in [0.1, 0.15) is 0 Å². The number of rotatable bonds is 7. The fourth-order valence-electron chi connectivity index (χ4n) is 4.72. The summed E-state index contributed by atoms with van der Waals surface area (Å²) < 4.78 is 5.57. The van der Waals surface area contributed by atoms with E-state index in [1.165, 1.54) is 32.1 Å². The Morgan fingerprint density at radius 3 is 2.12 bits per heavy atom. The van der Waals surface area contributed by atoms with Crippen LogP contribution in [-0.2, 0) is 4.74 Å². The number of guanidine groups is 1. The maximum absolute atomic E-state index is 5.57. The summed E-state index contributed by atoms with van der Waals surface area (Å²) in [5, 5.41) is 7.24. The normalized spacial score (nSPS) is 22.3. The van der Waals surface area contributed by atoms with Crippen LogP contribution in [0.5, 0.6) is 0 Å². The van der Waals surface area contributed by atoms with E-state index in [1.807, 2.05) is 7.05 Å². The van der Waals surface area contributed by atoms with Crippen molar-refractivity contribution in [1.82, 2.24) is 15.5 Å². The molecule has 0 aromatic rings. The van der Waals surface area contributed by atoms with Crippen molar-refractivity contribution in [3.8, 4) is 0 Å². The molecule has 0 radical (unpaired) electrons. The molecule has 154 valence electrons. The number of likely N-dealkylation sites (N-methyl/N-ethyl adjacent to an activating group) is 1. The molecule has 0 spiro atoms. The summed E-state index contributed by atoms with van der Waals surface area (Å²) in [6.45, 7) is 8.36. The van der Waals surface area contributed by atoms with Crippen LogP contribution in [0.4, 0.5) is 0 Å². The molecule has 0 bridgehead atoms. The third-order valence-electron chi connectivity index (χ3n) is 6.32. The number of hydrogen-bond acceptors (Lipinski definition) is 3. The summed E-state index contributed by atoms with van der Waals surface area (Å²) in [6, 6.07) is 0. The summed E-state index contributed by atoms with van der Waals surface area (Å²) in [4.78, 5) is 6.83. The standard InChI is InChI=1S/C20H40N4O.HI/c1-17(2)14-19(8-6-7-9-19)15-22-18(21-3)23-16-20(24(4)5)10-12-25-13-11-20;/h17H,6-16H2,1-5H3,(H2,21,22,23);1H. The Labute approximate surface area is 178 Å². The lowest BCUT2D eigenvalue weighted by Crippen LogP contribution is -2.57. The second-order valence-electron chi connectivity index (χ2n) is 8.82. The van der Waals surface area contributed by atoms with Crippen molar-refractivity contribution < 1.29 is 4.74 Å². The third-order valence-corrected chi connectivity index (χ3v) is 6.32. The molecule has 2 N–H and O–H groups in total. The summed E-state index contributed by atoms with van der Waals surface area (Å²) >= 11 is 0. The Morgan fingerprint density at radius 2 is 1.62 bits per heavy atom. The number of hydrogen-bond donors (Lipinski definition) is 2. The van der Waals surface area contributed by atoms with Crippen molar-refractivity contribution in [3.63, 3.8) is 0 Å². The molecule has 26 heavy (non-hydrogen) atoms. The van der Waals surface area contributed by atoms with Crippen LogP contribution in [-0.4, -0.2) is 63.8 Å². The molecule has 0 atom stereocenters. The smallest absolute Gasteiger partial charge is 0.191 e. The lowest BCUT2D eigenvalue weighted by molar-refractivity contribution is -0.00502. The Bertz CT molecular complexity index is 428. The highest BCUT2D eigenvalue weighted by molar-refractivity contribution is 14.0. The van der Waals surface area contributed by atoms with Gasteiger partial charge < -0.3 is 20.3 Å². The summed E-state index contributed by atoms with van der Waals surface area (Å²) in [5.74, 6) is 1.71. The molecule has 1 saturated heterocycles. The first-order valence-electron chi connectivity index (χ1n) is 10.1. The van der Waals surface area contributed by atoms with Crippen LogP contribution >= 0.6 is 24.0 Å². The summed E-state index contributed by atoms with van der Waals surface area (Å²) in [7, 11) is 6.24. The van der Waals surface area contributed by atoms with E-state index >= 15 is 0 Å². The Kier molecular flexibility index (Phi) is 10.2. The average Bonchev–Trinajstić information content (AvgIpc) is 3.03. The molecule has 0 unspecified atom stereocenters. The molecule has 0 aromatic carbocycles. The van der Waals surface area contributed by atoms with E-state index in [2.05, 4.69) is 48.5 Å². The van der Waals surface area contributed by atoms with Gasteiger partial charge in [-0.25, -0.2) is 0 Å². The molecule has 1 heterocycles. The fraction of sp³-hybridized carbons (Fsp3) is 0.950. The Balaban J connectivity index is 0.00000338. The van der Waals surface area contributed by atoms with E-state index in [9.17, 15) is 0 Å². The van der Waals surface area contributed by atoms with Crippen molar-refractivity contribution in [1.29, 1.82) is 0 Å². The van der Waals surface area contributed by atoms with Gasteiger partial charge in [0.15, 0.2) is 5.96 Å². The molecule has 2 aliphatic rings. The largest absolute Gasteiger partial charge is 0.381 e. The highest BCUT2D eigenvalue weighted by atomic mass is 127. The van der Waals surface area contributed by atoms with Gasteiger partial charge in [-0.3, -0.25) is 4.99 Å². The fourth-order valence-corrected chi connectivity index (χ4v) is 4.72. The van der Waals surface area contributed by atoms with Crippen molar-refractivity contribution in [2.45, 2.75) is 64.3 Å². The minimum absolute atomic E-state index is 0. The molecular weight excluding hydrogens is 439 g/mol. The van der Waals surface area contributed by atoms with E-state index < -0.39 is 0 Å². The third kappa shape index (κ3) is 6.51. The first-order chi connectivity index (χ1) is 11.9. The minimum Gasteiger partial charge on any atom is -0.381 e. The van der Waals surface area contributed by atoms with Crippen molar-refractivity contribution in [2.75, 3.05) is 47.4 Å². The molecule has 1 aliphatic carbocycles. The van der Waals surface area contributed by atoms with Crippen LogP contribution in [0.2, 0.25) is 0 Å². The lowest BCUT2D eigenvalue weighted by atomic mass is 9.78. The zero-order valence-corrected chi connectivity index (χ0v) is 19.9. The summed E-state index contributed by atoms with van der Waals surface area (Å²) in [6.07, 6.45) is 8.93. The number of aliphatic imine (C=N–C) groups is 1. The number of nitrogens with zero attached hydrogens (tertiary/aromatic N) is 2. The van der Waals surface area contributed by atoms with E-state index in [-0.39, 0.29) is 29.5 Å². The highest BCUT2D eigenvalue weighted by Crippen LogP contribution is 2.42. The number of halogens is 1. The topological polar surface area (TPSA) is 48.9 Å². The molecule has 0 amide bonds. The monoisotopic (exact) mass is 480 g/mol. The van der Waals surface area contributed by atoms with Gasteiger partial charge in [0.2, 0.25) is 0 Å². The zero-order valence-electron chi connectivity index (χ0n) is 17.6. The first kappa shape index (κ1) is 24.0. The van der Waals surface area contributed by atoms with Crippen LogP contribution in [0, 0.1) is 11.3 Å². The molecular formula is C20H41IN4O. The van der Waals surface area contributed by atoms with Gasteiger partial charge in [0.05, 0.1) is 0 Å². The van der Waals surface area contributed by atoms with E-state index in [4.69, 9.17) is 4.74 Å². The van der Waals surface area contributed by atoms with E-state index in [1.54, 1.807) is 0 Å². The van der Waals surface area contributed by atoms with Gasteiger partial charge in [-0.05, 0) is 57.5 Å². The van der Waals surface area contributed by atoms with Gasteiger partial charge in [0, 0.05) is 38.9 Å². The van der Waals surface area contributed by atoms with Gasteiger partial charge in [0.25, 0.3) is 0 Å². The van der Waals surface area contributed by atoms with Crippen LogP contribution < -0.4 is 10.6 Å². The van der Waals surface area contributed by atoms with E-state index in [0.717, 1.165) is 51.0 Å². The van der Waals surface area contributed by atoms with Crippen molar-refractivity contribution in [3.05, 3.63) is 0 Å². The quantitative estimate of drug-likeness (QED) is 0.333. The zero-order chi connectivity index (χ0) is 18.3. The van der Waals surface area contributed by atoms with Crippen LogP contribution in [0.25, 0.3) is 0 Å². The molecule has 1 aliphatic heterocycles. The van der Waals surface area contributed by atoms with Crippen LogP contribution in [0.15, 0.2) is 4.99 Å². The Hall–Kier alpha value is -0.0800. The molecule has 6 heteroatoms. The molecule has 2 fully saturated rings. The van der Waals surface area contributed by atoms with Gasteiger partial charge in [-0.1, -0.05) is 26.7 Å².